The molecule has 0 spiro atoms. The smallest absolute Gasteiger partial charge is 0.327 e. The van der Waals surface area contributed by atoms with Crippen LogP contribution in [0.25, 0.3) is 0 Å². The first kappa shape index (κ1) is 28.6. The molecule has 1 atom stereocenters. The minimum atomic E-state index is -4.53. The molecule has 0 saturated heterocycles. The highest BCUT2D eigenvalue weighted by molar-refractivity contribution is 7.93. The van der Waals surface area contributed by atoms with Crippen LogP contribution in [-0.4, -0.2) is 75.1 Å². The molecular formula is C19H24Cl2N2O8S3. The van der Waals surface area contributed by atoms with Crippen LogP contribution in [0, 0.1) is 10.1 Å². The van der Waals surface area contributed by atoms with E-state index < -0.39 is 54.7 Å². The van der Waals surface area contributed by atoms with E-state index in [1.165, 1.54) is 23.6 Å². The molecule has 1 aromatic carbocycles. The number of nitrogens with zero attached hydrogens (tertiary/aromatic N) is 2. The molecule has 1 heterocycles. The number of benzene rings is 1. The lowest BCUT2D eigenvalue weighted by Crippen LogP contribution is -2.36. The second-order valence-electron chi connectivity index (χ2n) is 7.11. The summed E-state index contributed by atoms with van der Waals surface area (Å²) in [6, 6.07) is 7.43. The van der Waals surface area contributed by atoms with Crippen LogP contribution in [0.1, 0.15) is 5.56 Å². The van der Waals surface area contributed by atoms with Gasteiger partial charge in [0.2, 0.25) is 0 Å². The first-order valence-electron chi connectivity index (χ1n) is 9.95. The Balaban J connectivity index is 2.31. The number of sulfone groups is 1. The normalized spacial score (nSPS) is 12.9. The van der Waals surface area contributed by atoms with Gasteiger partial charge in [0.25, 0.3) is 0 Å². The number of thiophene rings is 1. The number of halogens is 2. The molecule has 0 amide bonds. The SMILES string of the molecule is O=[N+]([O-])c1sccc1CC(CS(=O)(=O)CCO)S(=O)(=O)Oc1ccc(N(CCCl)CCCl)cc1. The highest BCUT2D eigenvalue weighted by Crippen LogP contribution is 2.29. The van der Waals surface area contributed by atoms with Gasteiger partial charge in [-0.1, -0.05) is 11.3 Å². The topological polar surface area (TPSA) is 144 Å². The van der Waals surface area contributed by atoms with Crippen molar-refractivity contribution in [3.63, 3.8) is 0 Å². The molecule has 1 aromatic heterocycles. The van der Waals surface area contributed by atoms with Crippen LogP contribution in [0.5, 0.6) is 5.75 Å². The van der Waals surface area contributed by atoms with Gasteiger partial charge in [0.05, 0.1) is 23.0 Å². The van der Waals surface area contributed by atoms with Crippen molar-refractivity contribution in [2.75, 3.05) is 47.9 Å². The van der Waals surface area contributed by atoms with Crippen LogP contribution in [0.2, 0.25) is 0 Å². The molecule has 0 aliphatic heterocycles. The second-order valence-corrected chi connectivity index (χ2v) is 12.8. The number of alkyl halides is 2. The number of aliphatic hydroxyl groups excluding tert-OH is 1. The van der Waals surface area contributed by atoms with Crippen LogP contribution in [0.15, 0.2) is 35.7 Å². The Morgan fingerprint density at radius 3 is 2.24 bits per heavy atom. The standard InChI is InChI=1S/C19H24Cl2N2O8S3/c20-6-8-22(9-7-21)16-1-3-17(4-2-16)31-34(29,30)18(14-33(27,28)12-10-24)13-15-5-11-32-19(15)23(25)26/h1-5,11,18,24H,6-10,12-14H2. The maximum absolute atomic E-state index is 13.1. The van der Waals surface area contributed by atoms with E-state index in [-0.39, 0.29) is 16.3 Å². The summed E-state index contributed by atoms with van der Waals surface area (Å²) in [6.07, 6.45) is -0.440. The van der Waals surface area contributed by atoms with Gasteiger partial charge in [0.1, 0.15) is 11.0 Å². The van der Waals surface area contributed by atoms with E-state index in [0.717, 1.165) is 17.0 Å². The molecule has 1 N–H and O–H groups in total. The number of rotatable bonds is 15. The largest absolute Gasteiger partial charge is 0.395 e. The van der Waals surface area contributed by atoms with Crippen molar-refractivity contribution in [2.24, 2.45) is 0 Å². The van der Waals surface area contributed by atoms with Crippen molar-refractivity contribution in [1.82, 2.24) is 0 Å². The van der Waals surface area contributed by atoms with Crippen molar-refractivity contribution in [3.8, 4) is 5.75 Å². The summed E-state index contributed by atoms with van der Waals surface area (Å²) >= 11 is 12.4. The Bertz CT molecular complexity index is 1150. The van der Waals surface area contributed by atoms with Crippen molar-refractivity contribution >= 4 is 65.2 Å². The van der Waals surface area contributed by atoms with Crippen molar-refractivity contribution in [1.29, 1.82) is 0 Å². The number of anilines is 1. The Kier molecular flexibility index (Phi) is 10.8. The van der Waals surface area contributed by atoms with Gasteiger partial charge in [-0.15, -0.1) is 23.2 Å². The molecule has 15 heteroatoms. The van der Waals surface area contributed by atoms with E-state index in [4.69, 9.17) is 32.5 Å². The van der Waals surface area contributed by atoms with Gasteiger partial charge in [-0.05, 0) is 35.7 Å². The predicted molar refractivity (Wildman–Crippen MR) is 134 cm³/mol. The summed E-state index contributed by atoms with van der Waals surface area (Å²) in [6.45, 7) is 0.366. The van der Waals surface area contributed by atoms with E-state index in [9.17, 15) is 26.9 Å². The van der Waals surface area contributed by atoms with E-state index in [2.05, 4.69) is 0 Å². The van der Waals surface area contributed by atoms with E-state index in [1.54, 1.807) is 12.1 Å². The van der Waals surface area contributed by atoms with Gasteiger partial charge in [0, 0.05) is 42.5 Å². The molecule has 0 fully saturated rings. The van der Waals surface area contributed by atoms with Gasteiger partial charge < -0.3 is 14.2 Å². The molecule has 1 unspecified atom stereocenters. The predicted octanol–water partition coefficient (Wildman–Crippen LogP) is 2.67. The molecule has 34 heavy (non-hydrogen) atoms. The third kappa shape index (κ3) is 8.24. The molecular weight excluding hydrogens is 551 g/mol. The fourth-order valence-corrected chi connectivity index (χ4v) is 7.60. The summed E-state index contributed by atoms with van der Waals surface area (Å²) in [5.74, 6) is -0.828. The van der Waals surface area contributed by atoms with Gasteiger partial charge in [-0.25, -0.2) is 8.42 Å². The molecule has 0 bridgehead atoms. The average molecular weight is 576 g/mol. The molecule has 2 aromatic rings. The minimum absolute atomic E-state index is 0.0511. The number of hydrogen-bond acceptors (Lipinski definition) is 10. The zero-order valence-electron chi connectivity index (χ0n) is 17.9. The molecule has 0 aliphatic rings. The van der Waals surface area contributed by atoms with Crippen LogP contribution < -0.4 is 9.08 Å². The van der Waals surface area contributed by atoms with Crippen LogP contribution in [0.3, 0.4) is 0 Å². The number of hydrogen-bond donors (Lipinski definition) is 1. The third-order valence-corrected chi connectivity index (χ3v) is 9.46. The maximum Gasteiger partial charge on any atom is 0.327 e. The average Bonchev–Trinajstić information content (AvgIpc) is 3.22. The minimum Gasteiger partial charge on any atom is -0.395 e. The van der Waals surface area contributed by atoms with E-state index >= 15 is 0 Å². The fourth-order valence-electron chi connectivity index (χ4n) is 3.13. The fraction of sp³-hybridized carbons (Fsp3) is 0.474. The summed E-state index contributed by atoms with van der Waals surface area (Å²) < 4.78 is 55.9. The van der Waals surface area contributed by atoms with E-state index in [1.807, 2.05) is 4.90 Å². The molecule has 190 valence electrons. The van der Waals surface area contributed by atoms with Crippen LogP contribution in [-0.2, 0) is 26.4 Å². The van der Waals surface area contributed by atoms with Crippen molar-refractivity contribution < 1.29 is 31.0 Å². The molecule has 10 nitrogen and oxygen atoms in total. The first-order chi connectivity index (χ1) is 16.0. The van der Waals surface area contributed by atoms with Gasteiger partial charge in [0.15, 0.2) is 9.84 Å². The number of nitro groups is 1. The lowest BCUT2D eigenvalue weighted by molar-refractivity contribution is -0.380. The first-order valence-corrected chi connectivity index (χ1v) is 15.2. The lowest BCUT2D eigenvalue weighted by Gasteiger charge is -2.23. The quantitative estimate of drug-likeness (QED) is 0.147. The Labute approximate surface area is 212 Å². The van der Waals surface area contributed by atoms with Crippen LogP contribution in [0.4, 0.5) is 10.7 Å². The summed E-state index contributed by atoms with van der Waals surface area (Å²) in [5.41, 5.74) is 0.821. The van der Waals surface area contributed by atoms with E-state index in [0.29, 0.717) is 24.8 Å². The highest BCUT2D eigenvalue weighted by Gasteiger charge is 2.35. The Morgan fingerprint density at radius 1 is 1.09 bits per heavy atom. The summed E-state index contributed by atoms with van der Waals surface area (Å²) in [4.78, 5) is 12.5. The molecule has 2 rings (SSSR count). The zero-order valence-corrected chi connectivity index (χ0v) is 21.8. The Morgan fingerprint density at radius 2 is 1.71 bits per heavy atom. The highest BCUT2D eigenvalue weighted by atomic mass is 35.5. The number of aliphatic hydroxyl groups is 1. The second kappa shape index (κ2) is 12.9. The zero-order chi connectivity index (χ0) is 25.4. The molecule has 0 radical (unpaired) electrons. The Hall–Kier alpha value is -1.64. The summed E-state index contributed by atoms with van der Waals surface area (Å²) in [5, 5.41) is 19.8. The lowest BCUT2D eigenvalue weighted by atomic mass is 10.2. The van der Waals surface area contributed by atoms with Gasteiger partial charge in [-0.3, -0.25) is 10.1 Å². The maximum atomic E-state index is 13.1. The monoisotopic (exact) mass is 574 g/mol. The van der Waals surface area contributed by atoms with Gasteiger partial charge >= 0.3 is 15.1 Å². The third-order valence-electron chi connectivity index (χ3n) is 4.71. The van der Waals surface area contributed by atoms with Crippen LogP contribution >= 0.6 is 34.5 Å². The summed E-state index contributed by atoms with van der Waals surface area (Å²) in [7, 11) is -8.51. The van der Waals surface area contributed by atoms with Gasteiger partial charge in [-0.2, -0.15) is 8.42 Å². The van der Waals surface area contributed by atoms with Crippen molar-refractivity contribution in [3.05, 3.63) is 51.4 Å². The van der Waals surface area contributed by atoms with Crippen molar-refractivity contribution in [2.45, 2.75) is 11.7 Å². The molecule has 0 aliphatic carbocycles. The molecule has 0 saturated carbocycles.